The molecule has 4 heteroatoms. The molecule has 0 saturated carbocycles. The maximum atomic E-state index is 11.0. The molecule has 1 aliphatic rings. The summed E-state index contributed by atoms with van der Waals surface area (Å²) in [5.74, 6) is 0.344. The van der Waals surface area contributed by atoms with Crippen molar-refractivity contribution >= 4 is 5.91 Å². The Morgan fingerprint density at radius 2 is 2.29 bits per heavy atom. The molecule has 14 heavy (non-hydrogen) atoms. The summed E-state index contributed by atoms with van der Waals surface area (Å²) in [5, 5.41) is 0. The van der Waals surface area contributed by atoms with Crippen LogP contribution < -0.4 is 11.5 Å². The molecule has 2 unspecified atom stereocenters. The molecule has 82 valence electrons. The number of nitrogens with zero attached hydrogens (tertiary/aromatic N) is 1. The Labute approximate surface area is 85.6 Å². The number of nitrogens with two attached hydrogens (primary N) is 2. The molecule has 1 amide bonds. The third kappa shape index (κ3) is 2.69. The summed E-state index contributed by atoms with van der Waals surface area (Å²) in [6.45, 7) is 6.58. The number of hydrogen-bond acceptors (Lipinski definition) is 3. The van der Waals surface area contributed by atoms with Crippen LogP contribution in [0.25, 0.3) is 0 Å². The van der Waals surface area contributed by atoms with E-state index in [0.29, 0.717) is 6.54 Å². The molecule has 0 aromatic rings. The van der Waals surface area contributed by atoms with E-state index in [1.54, 1.807) is 6.92 Å². The fourth-order valence-corrected chi connectivity index (χ4v) is 1.93. The minimum Gasteiger partial charge on any atom is -0.368 e. The summed E-state index contributed by atoms with van der Waals surface area (Å²) in [6, 6.07) is 0. The van der Waals surface area contributed by atoms with Crippen molar-refractivity contribution in [2.75, 3.05) is 19.6 Å². The van der Waals surface area contributed by atoms with Gasteiger partial charge in [-0.25, -0.2) is 0 Å². The number of amides is 1. The lowest BCUT2D eigenvalue weighted by molar-refractivity contribution is -0.123. The van der Waals surface area contributed by atoms with Crippen LogP contribution in [0, 0.1) is 5.92 Å². The summed E-state index contributed by atoms with van der Waals surface area (Å²) in [7, 11) is 0. The Bertz CT molecular complexity index is 215. The first-order valence-corrected chi connectivity index (χ1v) is 5.27. The van der Waals surface area contributed by atoms with Gasteiger partial charge in [-0.05, 0) is 25.8 Å². The third-order valence-corrected chi connectivity index (χ3v) is 3.06. The van der Waals surface area contributed by atoms with Gasteiger partial charge in [-0.3, -0.25) is 4.79 Å². The quantitative estimate of drug-likeness (QED) is 0.665. The number of carbonyl (C=O) groups is 1. The Hall–Kier alpha value is -0.610. The number of primary amides is 1. The Morgan fingerprint density at radius 1 is 1.64 bits per heavy atom. The first-order valence-electron chi connectivity index (χ1n) is 5.27. The fourth-order valence-electron chi connectivity index (χ4n) is 1.93. The molecule has 1 saturated heterocycles. The molecule has 4 nitrogen and oxygen atoms in total. The topological polar surface area (TPSA) is 72.3 Å². The van der Waals surface area contributed by atoms with Crippen LogP contribution in [0.4, 0.5) is 0 Å². The van der Waals surface area contributed by atoms with Crippen LogP contribution >= 0.6 is 0 Å². The number of carbonyl (C=O) groups excluding carboxylic acids is 1. The molecule has 1 aliphatic heterocycles. The highest BCUT2D eigenvalue weighted by molar-refractivity contribution is 5.84. The molecule has 0 spiro atoms. The van der Waals surface area contributed by atoms with Crippen molar-refractivity contribution in [2.24, 2.45) is 17.4 Å². The lowest BCUT2D eigenvalue weighted by Crippen LogP contribution is -2.56. The molecule has 4 N–H and O–H groups in total. The molecule has 0 radical (unpaired) electrons. The standard InChI is InChI=1S/C10H21N3O/c1-3-8-4-5-13(6-8)7-10(2,12)9(11)14/h8H,3-7,12H2,1-2H3,(H2,11,14). The molecule has 0 aromatic carbocycles. The van der Waals surface area contributed by atoms with E-state index in [-0.39, 0.29) is 0 Å². The minimum absolute atomic E-state index is 0.419. The van der Waals surface area contributed by atoms with Crippen molar-refractivity contribution in [3.63, 3.8) is 0 Å². The van der Waals surface area contributed by atoms with Gasteiger partial charge in [0.2, 0.25) is 5.91 Å². The molecule has 1 rings (SSSR count). The zero-order valence-corrected chi connectivity index (χ0v) is 9.12. The predicted molar refractivity (Wildman–Crippen MR) is 56.6 cm³/mol. The lowest BCUT2D eigenvalue weighted by atomic mass is 10.0. The first-order chi connectivity index (χ1) is 6.45. The number of hydrogen-bond donors (Lipinski definition) is 2. The van der Waals surface area contributed by atoms with Crippen molar-refractivity contribution in [3.8, 4) is 0 Å². The van der Waals surface area contributed by atoms with Crippen LogP contribution in [0.15, 0.2) is 0 Å². The van der Waals surface area contributed by atoms with Crippen molar-refractivity contribution in [2.45, 2.75) is 32.2 Å². The van der Waals surface area contributed by atoms with E-state index in [9.17, 15) is 4.79 Å². The number of rotatable bonds is 4. The van der Waals surface area contributed by atoms with Gasteiger partial charge in [0, 0.05) is 13.1 Å². The summed E-state index contributed by atoms with van der Waals surface area (Å²) >= 11 is 0. The summed E-state index contributed by atoms with van der Waals surface area (Å²) < 4.78 is 0. The second-order valence-electron chi connectivity index (χ2n) is 4.58. The van der Waals surface area contributed by atoms with E-state index in [1.165, 1.54) is 12.8 Å². The average Bonchev–Trinajstić information content (AvgIpc) is 2.51. The zero-order chi connectivity index (χ0) is 10.8. The minimum atomic E-state index is -0.886. The second kappa shape index (κ2) is 4.28. The maximum absolute atomic E-state index is 11.0. The maximum Gasteiger partial charge on any atom is 0.238 e. The van der Waals surface area contributed by atoms with Crippen molar-refractivity contribution in [1.29, 1.82) is 0 Å². The largest absolute Gasteiger partial charge is 0.368 e. The van der Waals surface area contributed by atoms with Crippen LogP contribution in [0.2, 0.25) is 0 Å². The van der Waals surface area contributed by atoms with Gasteiger partial charge in [0.1, 0.15) is 5.54 Å². The Morgan fingerprint density at radius 3 is 2.71 bits per heavy atom. The molecular weight excluding hydrogens is 178 g/mol. The Kier molecular flexibility index (Phi) is 3.50. The predicted octanol–water partition coefficient (Wildman–Crippen LogP) is -0.0790. The zero-order valence-electron chi connectivity index (χ0n) is 9.12. The third-order valence-electron chi connectivity index (χ3n) is 3.06. The van der Waals surface area contributed by atoms with Crippen molar-refractivity contribution in [1.82, 2.24) is 4.90 Å². The Balaban J connectivity index is 2.42. The normalized spacial score (nSPS) is 27.5. The lowest BCUT2D eigenvalue weighted by Gasteiger charge is -2.27. The summed E-state index contributed by atoms with van der Waals surface area (Å²) in [4.78, 5) is 13.3. The van der Waals surface area contributed by atoms with E-state index in [2.05, 4.69) is 11.8 Å². The van der Waals surface area contributed by atoms with E-state index < -0.39 is 11.4 Å². The summed E-state index contributed by atoms with van der Waals surface area (Å²) in [6.07, 6.45) is 2.42. The van der Waals surface area contributed by atoms with Gasteiger partial charge in [-0.2, -0.15) is 0 Å². The molecule has 0 aliphatic carbocycles. The smallest absolute Gasteiger partial charge is 0.238 e. The van der Waals surface area contributed by atoms with Gasteiger partial charge in [-0.15, -0.1) is 0 Å². The van der Waals surface area contributed by atoms with Crippen molar-refractivity contribution < 1.29 is 4.79 Å². The van der Waals surface area contributed by atoms with Gasteiger partial charge in [0.25, 0.3) is 0 Å². The fraction of sp³-hybridized carbons (Fsp3) is 0.900. The van der Waals surface area contributed by atoms with Gasteiger partial charge < -0.3 is 16.4 Å². The number of likely N-dealkylation sites (tertiary alicyclic amines) is 1. The van der Waals surface area contributed by atoms with Gasteiger partial charge in [-0.1, -0.05) is 13.3 Å². The van der Waals surface area contributed by atoms with E-state index >= 15 is 0 Å². The van der Waals surface area contributed by atoms with Crippen LogP contribution in [-0.2, 0) is 4.79 Å². The monoisotopic (exact) mass is 199 g/mol. The first kappa shape index (κ1) is 11.5. The molecule has 0 bridgehead atoms. The van der Waals surface area contributed by atoms with Crippen molar-refractivity contribution in [3.05, 3.63) is 0 Å². The highest BCUT2D eigenvalue weighted by Crippen LogP contribution is 2.20. The van der Waals surface area contributed by atoms with E-state index in [1.807, 2.05) is 0 Å². The van der Waals surface area contributed by atoms with Crippen LogP contribution in [-0.4, -0.2) is 36.0 Å². The molecule has 0 aromatic heterocycles. The van der Waals surface area contributed by atoms with Crippen LogP contribution in [0.1, 0.15) is 26.7 Å². The highest BCUT2D eigenvalue weighted by Gasteiger charge is 2.31. The second-order valence-corrected chi connectivity index (χ2v) is 4.58. The highest BCUT2D eigenvalue weighted by atomic mass is 16.1. The summed E-state index contributed by atoms with van der Waals surface area (Å²) in [5.41, 5.74) is 10.1. The van der Waals surface area contributed by atoms with E-state index in [4.69, 9.17) is 11.5 Å². The van der Waals surface area contributed by atoms with Gasteiger partial charge in [0.05, 0.1) is 0 Å². The van der Waals surface area contributed by atoms with Crippen LogP contribution in [0.5, 0.6) is 0 Å². The molecular formula is C10H21N3O. The molecule has 1 fully saturated rings. The van der Waals surface area contributed by atoms with Gasteiger partial charge >= 0.3 is 0 Å². The van der Waals surface area contributed by atoms with Crippen LogP contribution in [0.3, 0.4) is 0 Å². The average molecular weight is 199 g/mol. The molecule has 1 heterocycles. The van der Waals surface area contributed by atoms with Gasteiger partial charge in [0.15, 0.2) is 0 Å². The molecule has 2 atom stereocenters. The SMILES string of the molecule is CCC1CCN(CC(C)(N)C(N)=O)C1. The van der Waals surface area contributed by atoms with E-state index in [0.717, 1.165) is 19.0 Å².